The highest BCUT2D eigenvalue weighted by Gasteiger charge is 2.14. The van der Waals surface area contributed by atoms with Crippen molar-refractivity contribution in [2.45, 2.75) is 13.5 Å². The van der Waals surface area contributed by atoms with Gasteiger partial charge in [-0.3, -0.25) is 5.43 Å². The molecule has 2 heterocycles. The summed E-state index contributed by atoms with van der Waals surface area (Å²) in [5.41, 5.74) is 4.52. The number of aryl methyl sites for hydroxylation is 1. The number of carbonyl (C=O) groups excluding carboxylic acids is 1. The van der Waals surface area contributed by atoms with Gasteiger partial charge in [0.2, 0.25) is 10.9 Å². The topological polar surface area (TPSA) is 95.2 Å². The summed E-state index contributed by atoms with van der Waals surface area (Å²) in [6.07, 6.45) is 1.62. The van der Waals surface area contributed by atoms with Crippen molar-refractivity contribution in [1.82, 2.24) is 4.98 Å². The molecular weight excluding hydrogens is 382 g/mol. The van der Waals surface area contributed by atoms with Crippen molar-refractivity contribution in [3.8, 4) is 11.5 Å². The van der Waals surface area contributed by atoms with Gasteiger partial charge in [0, 0.05) is 10.9 Å². The lowest BCUT2D eigenvalue weighted by Gasteiger charge is -2.12. The highest BCUT2D eigenvalue weighted by atomic mass is 32.1. The number of benzene rings is 1. The number of anilines is 1. The highest BCUT2D eigenvalue weighted by Crippen LogP contribution is 2.31. The SMILES string of the molecule is COC(=O)c1ccc(COc2c(C=NNc3nc(C)cs3)cccc2OC)o1. The molecule has 2 aromatic heterocycles. The molecule has 0 radical (unpaired) electrons. The van der Waals surface area contributed by atoms with Crippen LogP contribution in [-0.4, -0.2) is 31.4 Å². The molecule has 0 aliphatic carbocycles. The molecule has 8 nitrogen and oxygen atoms in total. The number of aromatic nitrogens is 1. The van der Waals surface area contributed by atoms with Gasteiger partial charge in [0.05, 0.1) is 26.1 Å². The van der Waals surface area contributed by atoms with Crippen LogP contribution in [0.3, 0.4) is 0 Å². The molecule has 0 bridgehead atoms. The van der Waals surface area contributed by atoms with Gasteiger partial charge in [0.1, 0.15) is 12.4 Å². The third-order valence-electron chi connectivity index (χ3n) is 3.62. The van der Waals surface area contributed by atoms with E-state index in [9.17, 15) is 4.79 Å². The summed E-state index contributed by atoms with van der Waals surface area (Å²) in [4.78, 5) is 15.8. The number of hydrogen-bond donors (Lipinski definition) is 1. The van der Waals surface area contributed by atoms with Gasteiger partial charge < -0.3 is 18.6 Å². The first-order chi connectivity index (χ1) is 13.6. The number of para-hydroxylation sites is 1. The molecule has 0 unspecified atom stereocenters. The number of hydrazone groups is 1. The number of hydrogen-bond acceptors (Lipinski definition) is 9. The van der Waals surface area contributed by atoms with Crippen LogP contribution in [-0.2, 0) is 11.3 Å². The van der Waals surface area contributed by atoms with Crippen LogP contribution in [0.1, 0.15) is 27.6 Å². The molecule has 0 aliphatic rings. The summed E-state index contributed by atoms with van der Waals surface area (Å²) in [6.45, 7) is 2.02. The molecule has 0 aliphatic heterocycles. The molecule has 1 aromatic carbocycles. The van der Waals surface area contributed by atoms with Gasteiger partial charge in [0.25, 0.3) is 0 Å². The number of rotatable bonds is 8. The Morgan fingerprint density at radius 1 is 1.32 bits per heavy atom. The van der Waals surface area contributed by atoms with E-state index in [4.69, 9.17) is 13.9 Å². The third kappa shape index (κ3) is 4.68. The van der Waals surface area contributed by atoms with E-state index in [1.807, 2.05) is 24.4 Å². The summed E-state index contributed by atoms with van der Waals surface area (Å²) < 4.78 is 21.3. The molecule has 0 amide bonds. The second-order valence-corrected chi connectivity index (χ2v) is 6.45. The molecule has 0 saturated carbocycles. The molecule has 0 fully saturated rings. The van der Waals surface area contributed by atoms with E-state index >= 15 is 0 Å². The fourth-order valence-corrected chi connectivity index (χ4v) is 2.96. The third-order valence-corrected chi connectivity index (χ3v) is 4.48. The average molecular weight is 401 g/mol. The minimum atomic E-state index is -0.542. The molecule has 3 aromatic rings. The molecule has 0 saturated heterocycles. The van der Waals surface area contributed by atoms with Crippen molar-refractivity contribution in [1.29, 1.82) is 0 Å². The molecule has 9 heteroatoms. The van der Waals surface area contributed by atoms with Gasteiger partial charge in [-0.1, -0.05) is 6.07 Å². The fourth-order valence-electron chi connectivity index (χ4n) is 2.32. The summed E-state index contributed by atoms with van der Waals surface area (Å²) in [5, 5.41) is 6.84. The van der Waals surface area contributed by atoms with Crippen LogP contribution >= 0.6 is 11.3 Å². The number of esters is 1. The van der Waals surface area contributed by atoms with Crippen LogP contribution in [0, 0.1) is 6.92 Å². The maximum atomic E-state index is 11.5. The Balaban J connectivity index is 1.73. The van der Waals surface area contributed by atoms with Crippen molar-refractivity contribution >= 4 is 28.7 Å². The maximum Gasteiger partial charge on any atom is 0.373 e. The Morgan fingerprint density at radius 3 is 2.89 bits per heavy atom. The van der Waals surface area contributed by atoms with Crippen LogP contribution in [0.5, 0.6) is 11.5 Å². The van der Waals surface area contributed by atoms with E-state index in [2.05, 4.69) is 20.2 Å². The quantitative estimate of drug-likeness (QED) is 0.348. The maximum absolute atomic E-state index is 11.5. The summed E-state index contributed by atoms with van der Waals surface area (Å²) >= 11 is 1.47. The second kappa shape index (κ2) is 9.05. The van der Waals surface area contributed by atoms with E-state index in [-0.39, 0.29) is 12.4 Å². The molecule has 0 atom stereocenters. The molecule has 3 rings (SSSR count). The largest absolute Gasteiger partial charge is 0.493 e. The van der Waals surface area contributed by atoms with E-state index < -0.39 is 5.97 Å². The minimum absolute atomic E-state index is 0.108. The monoisotopic (exact) mass is 401 g/mol. The van der Waals surface area contributed by atoms with Crippen molar-refractivity contribution in [3.63, 3.8) is 0 Å². The number of nitrogens with zero attached hydrogens (tertiary/aromatic N) is 2. The van der Waals surface area contributed by atoms with Crippen molar-refractivity contribution in [2.24, 2.45) is 5.10 Å². The lowest BCUT2D eigenvalue weighted by molar-refractivity contribution is 0.0561. The second-order valence-electron chi connectivity index (χ2n) is 5.59. The Bertz CT molecular complexity index is 980. The van der Waals surface area contributed by atoms with Gasteiger partial charge in [-0.25, -0.2) is 9.78 Å². The number of thiazole rings is 1. The summed E-state index contributed by atoms with van der Waals surface area (Å²) in [7, 11) is 2.85. The predicted octanol–water partition coefficient (Wildman–Crippen LogP) is 3.86. The van der Waals surface area contributed by atoms with E-state index in [0.717, 1.165) is 5.69 Å². The minimum Gasteiger partial charge on any atom is -0.493 e. The van der Waals surface area contributed by atoms with Gasteiger partial charge in [-0.2, -0.15) is 5.10 Å². The van der Waals surface area contributed by atoms with Gasteiger partial charge in [-0.15, -0.1) is 11.3 Å². The first-order valence-electron chi connectivity index (χ1n) is 8.28. The van der Waals surface area contributed by atoms with Crippen LogP contribution < -0.4 is 14.9 Å². The van der Waals surface area contributed by atoms with Crippen LogP contribution in [0.25, 0.3) is 0 Å². The number of methoxy groups -OCH3 is 2. The van der Waals surface area contributed by atoms with Crippen LogP contribution in [0.15, 0.2) is 45.2 Å². The zero-order valence-electron chi connectivity index (χ0n) is 15.6. The fraction of sp³-hybridized carbons (Fsp3) is 0.211. The van der Waals surface area contributed by atoms with Gasteiger partial charge in [-0.05, 0) is 31.2 Å². The number of carbonyl (C=O) groups is 1. The predicted molar refractivity (Wildman–Crippen MR) is 105 cm³/mol. The molecule has 28 heavy (non-hydrogen) atoms. The van der Waals surface area contributed by atoms with Crippen molar-refractivity contribution < 1.29 is 23.4 Å². The zero-order valence-corrected chi connectivity index (χ0v) is 16.4. The summed E-state index contributed by atoms with van der Waals surface area (Å²) in [6, 6.07) is 8.66. The number of ether oxygens (including phenoxy) is 3. The summed E-state index contributed by atoms with van der Waals surface area (Å²) in [5.74, 6) is 1.10. The molecule has 146 valence electrons. The lowest BCUT2D eigenvalue weighted by atomic mass is 10.2. The Hall–Kier alpha value is -3.33. The Labute approximate surface area is 165 Å². The van der Waals surface area contributed by atoms with Crippen molar-refractivity contribution in [2.75, 3.05) is 19.6 Å². The number of nitrogens with one attached hydrogen (secondary N) is 1. The number of furan rings is 1. The van der Waals surface area contributed by atoms with Gasteiger partial charge in [0.15, 0.2) is 11.5 Å². The zero-order chi connectivity index (χ0) is 19.9. The average Bonchev–Trinajstić information content (AvgIpc) is 3.35. The first kappa shape index (κ1) is 19.4. The lowest BCUT2D eigenvalue weighted by Crippen LogP contribution is -2.01. The van der Waals surface area contributed by atoms with E-state index in [1.165, 1.54) is 24.5 Å². The molecule has 1 N–H and O–H groups in total. The van der Waals surface area contributed by atoms with Gasteiger partial charge >= 0.3 is 5.97 Å². The highest BCUT2D eigenvalue weighted by molar-refractivity contribution is 7.13. The van der Waals surface area contributed by atoms with E-state index in [1.54, 1.807) is 25.5 Å². The van der Waals surface area contributed by atoms with Crippen LogP contribution in [0.2, 0.25) is 0 Å². The van der Waals surface area contributed by atoms with E-state index in [0.29, 0.717) is 28.0 Å². The molecule has 0 spiro atoms. The Morgan fingerprint density at radius 2 is 2.18 bits per heavy atom. The standard InChI is InChI=1S/C19H19N3O5S/c1-12-11-28-19(21-12)22-20-9-13-5-4-6-15(24-2)17(13)26-10-14-7-8-16(27-14)18(23)25-3/h4-9,11H,10H2,1-3H3,(H,21,22). The molecular formula is C19H19N3O5S. The normalized spacial score (nSPS) is 10.8. The Kier molecular flexibility index (Phi) is 6.28. The van der Waals surface area contributed by atoms with Crippen molar-refractivity contribution in [3.05, 3.63) is 58.5 Å². The smallest absolute Gasteiger partial charge is 0.373 e. The first-order valence-corrected chi connectivity index (χ1v) is 9.16. The van der Waals surface area contributed by atoms with Crippen LogP contribution in [0.4, 0.5) is 5.13 Å².